The van der Waals surface area contributed by atoms with Crippen molar-refractivity contribution < 1.29 is 48.0 Å². The Kier molecular flexibility index (Phi) is 18.2. The topological polar surface area (TPSA) is 164 Å². The Balaban J connectivity index is 1.72. The number of hydrogen-bond acceptors (Lipinski definition) is 11. The summed E-state index contributed by atoms with van der Waals surface area (Å²) in [6.07, 6.45) is 8.23. The van der Waals surface area contributed by atoms with Crippen LogP contribution in [0, 0.1) is 41.4 Å². The van der Waals surface area contributed by atoms with Crippen LogP contribution in [-0.2, 0) is 42.9 Å². The molecule has 3 aliphatic heterocycles. The fourth-order valence-electron chi connectivity index (χ4n) is 9.59. The Morgan fingerprint density at radius 2 is 1.72 bits per heavy atom. The van der Waals surface area contributed by atoms with Gasteiger partial charge in [-0.2, -0.15) is 0 Å². The quantitative estimate of drug-likeness (QED) is 0.137. The van der Waals surface area contributed by atoms with Gasteiger partial charge in [-0.15, -0.1) is 5.92 Å². The van der Waals surface area contributed by atoms with Crippen molar-refractivity contribution in [2.75, 3.05) is 27.4 Å². The number of esters is 1. The summed E-state index contributed by atoms with van der Waals surface area (Å²) in [5.74, 6) is -0.291. The average molecular weight is 813 g/mol. The lowest BCUT2D eigenvalue weighted by molar-refractivity contribution is -0.302. The molecule has 1 amide bonds. The summed E-state index contributed by atoms with van der Waals surface area (Å²) in [6.45, 7) is 14.0. The van der Waals surface area contributed by atoms with Crippen molar-refractivity contribution in [2.45, 2.75) is 174 Å². The number of allylic oxidation sites excluding steroid dienone is 3. The van der Waals surface area contributed by atoms with Crippen molar-refractivity contribution in [1.29, 1.82) is 0 Å². The first-order chi connectivity index (χ1) is 27.6. The van der Waals surface area contributed by atoms with Crippen LogP contribution in [0.25, 0.3) is 0 Å². The molecule has 3 N–H and O–H groups in total. The molecule has 4 rings (SSSR count). The number of nitrogens with two attached hydrogens (primary N) is 1. The average Bonchev–Trinajstić information content (AvgIpc) is 3.20. The van der Waals surface area contributed by atoms with Crippen LogP contribution in [0.4, 0.5) is 0 Å². The van der Waals surface area contributed by atoms with Crippen LogP contribution < -0.4 is 5.73 Å². The van der Waals surface area contributed by atoms with Crippen molar-refractivity contribution in [3.63, 3.8) is 0 Å². The van der Waals surface area contributed by atoms with E-state index in [-0.39, 0.29) is 54.6 Å². The molecule has 3 fully saturated rings. The third kappa shape index (κ3) is 11.9. The van der Waals surface area contributed by atoms with E-state index in [1.54, 1.807) is 28.1 Å². The molecule has 0 aromatic carbocycles. The zero-order valence-electron chi connectivity index (χ0n) is 36.6. The van der Waals surface area contributed by atoms with Gasteiger partial charge in [-0.3, -0.25) is 14.4 Å². The van der Waals surface area contributed by atoms with Gasteiger partial charge >= 0.3 is 5.97 Å². The molecule has 0 spiro atoms. The molecule has 0 radical (unpaired) electrons. The molecule has 13 unspecified atom stereocenters. The summed E-state index contributed by atoms with van der Waals surface area (Å²) >= 11 is 0. The number of nitrogens with zero attached hydrogens (tertiary/aromatic N) is 1. The maximum absolute atomic E-state index is 14.4. The fraction of sp³-hybridized carbons (Fsp3) is 0.783. The van der Waals surface area contributed by atoms with E-state index in [9.17, 15) is 24.3 Å². The highest BCUT2D eigenvalue weighted by Gasteiger charge is 2.56. The Bertz CT molecular complexity index is 1550. The first-order valence-electron chi connectivity index (χ1n) is 21.7. The van der Waals surface area contributed by atoms with Gasteiger partial charge in [0, 0.05) is 45.1 Å². The Labute approximate surface area is 347 Å². The zero-order valence-corrected chi connectivity index (χ0v) is 36.6. The second kappa shape index (κ2) is 22.1. The smallest absolute Gasteiger partial charge is 0.329 e. The van der Waals surface area contributed by atoms with Crippen LogP contribution in [0.15, 0.2) is 23.3 Å². The minimum Gasteiger partial charge on any atom is -0.456 e. The van der Waals surface area contributed by atoms with Crippen LogP contribution in [0.5, 0.6) is 0 Å². The predicted molar refractivity (Wildman–Crippen MR) is 221 cm³/mol. The minimum absolute atomic E-state index is 0.0911. The molecule has 12 heteroatoms. The van der Waals surface area contributed by atoms with Crippen LogP contribution in [0.2, 0.25) is 0 Å². The van der Waals surface area contributed by atoms with Gasteiger partial charge in [0.15, 0.2) is 0 Å². The number of methoxy groups -OCH3 is 2. The Morgan fingerprint density at radius 1 is 1.02 bits per heavy atom. The number of cyclic esters (lactones) is 1. The molecule has 2 saturated heterocycles. The van der Waals surface area contributed by atoms with Gasteiger partial charge in [0.25, 0.3) is 11.7 Å². The van der Waals surface area contributed by atoms with Crippen molar-refractivity contribution in [3.8, 4) is 11.8 Å². The lowest BCUT2D eigenvalue weighted by Crippen LogP contribution is -2.64. The van der Waals surface area contributed by atoms with E-state index in [4.69, 9.17) is 29.4 Å². The van der Waals surface area contributed by atoms with Gasteiger partial charge in [0.2, 0.25) is 5.79 Å². The molecule has 12 nitrogen and oxygen atoms in total. The van der Waals surface area contributed by atoms with Crippen molar-refractivity contribution in [1.82, 2.24) is 4.90 Å². The highest BCUT2D eigenvalue weighted by molar-refractivity contribution is 6.39. The standard InChI is InChI=1S/C46H72N2O10/c1-10-12-21-56-38-27-33(17-18-35(38)47)25-31(6)41-30(5)16-19-37(49)34(11-2)23-28(3)22-29(4)24-39(54-8)42-40(55-9)26-32(7)46(53,58-42)43(50)44(51)48-20-14-13-15-36(48)45(52)57-41/h23,25,29-30,32-36,38-42,53H,11,13-22,24,26-27,47H2,1-9H3. The van der Waals surface area contributed by atoms with Gasteiger partial charge in [0.1, 0.15) is 30.6 Å². The molecule has 0 aromatic heterocycles. The lowest BCUT2D eigenvalue weighted by Gasteiger charge is -2.47. The summed E-state index contributed by atoms with van der Waals surface area (Å²) < 4.78 is 30.5. The van der Waals surface area contributed by atoms with Crippen molar-refractivity contribution in [2.24, 2.45) is 35.3 Å². The molecule has 4 aliphatic rings. The van der Waals surface area contributed by atoms with E-state index >= 15 is 0 Å². The Morgan fingerprint density at radius 3 is 2.40 bits per heavy atom. The molecule has 1 saturated carbocycles. The SMILES string of the molecule is CC#CCOC1CC(C=C(C)C2OC(=O)C3CCCCN3C(=O)C(=O)C3(O)OC(C(OC)CC(C)CC(C)=CC(CC)C(=O)CCC2C)C(OC)CC3C)CCC1N. The van der Waals surface area contributed by atoms with E-state index in [0.29, 0.717) is 64.4 Å². The molecule has 3 heterocycles. The number of hydrogen-bond donors (Lipinski definition) is 2. The maximum Gasteiger partial charge on any atom is 0.329 e. The summed E-state index contributed by atoms with van der Waals surface area (Å²) in [4.78, 5) is 57.9. The van der Waals surface area contributed by atoms with Crippen LogP contribution in [-0.4, -0.2) is 109 Å². The summed E-state index contributed by atoms with van der Waals surface area (Å²) in [5.41, 5.74) is 8.37. The predicted octanol–water partition coefficient (Wildman–Crippen LogP) is 5.86. The first-order valence-corrected chi connectivity index (χ1v) is 21.7. The van der Waals surface area contributed by atoms with E-state index in [2.05, 4.69) is 30.9 Å². The highest BCUT2D eigenvalue weighted by atomic mass is 16.7. The minimum atomic E-state index is -2.46. The molecule has 2 bridgehead atoms. The third-order valence-electron chi connectivity index (χ3n) is 13.1. The van der Waals surface area contributed by atoms with Gasteiger partial charge in [-0.05, 0) is 115 Å². The number of carbonyl (C=O) groups excluding carboxylic acids is 4. The number of ether oxygens (including phenoxy) is 5. The number of aliphatic hydroxyl groups is 1. The second-order valence-electron chi connectivity index (χ2n) is 17.6. The second-order valence-corrected chi connectivity index (χ2v) is 17.6. The van der Waals surface area contributed by atoms with Crippen LogP contribution in [0.3, 0.4) is 0 Å². The number of Topliss-reactive ketones (excluding diaryl/α,β-unsaturated/α-hetero) is 2. The molecule has 13 atom stereocenters. The summed E-state index contributed by atoms with van der Waals surface area (Å²) in [5, 5.41) is 12.1. The number of carbonyl (C=O) groups is 4. The maximum atomic E-state index is 14.4. The fourth-order valence-corrected chi connectivity index (χ4v) is 9.59. The number of ketones is 2. The number of fused-ring (bicyclic) bond motifs is 3. The lowest BCUT2D eigenvalue weighted by atomic mass is 9.81. The third-order valence-corrected chi connectivity index (χ3v) is 13.1. The monoisotopic (exact) mass is 813 g/mol. The molecule has 0 aromatic rings. The van der Waals surface area contributed by atoms with E-state index in [1.165, 1.54) is 4.90 Å². The van der Waals surface area contributed by atoms with E-state index in [0.717, 1.165) is 24.0 Å². The molecule has 326 valence electrons. The normalized spacial score (nSPS) is 38.1. The number of amides is 1. The molecular weight excluding hydrogens is 741 g/mol. The van der Waals surface area contributed by atoms with E-state index in [1.807, 2.05) is 27.7 Å². The van der Waals surface area contributed by atoms with Crippen LogP contribution >= 0.6 is 0 Å². The van der Waals surface area contributed by atoms with Gasteiger partial charge in [-0.25, -0.2) is 4.79 Å². The Hall–Kier alpha value is -2.92. The highest BCUT2D eigenvalue weighted by Crippen LogP contribution is 2.39. The summed E-state index contributed by atoms with van der Waals surface area (Å²) in [7, 11) is 3.11. The van der Waals surface area contributed by atoms with Gasteiger partial charge in [0.05, 0.1) is 18.3 Å². The molecule has 58 heavy (non-hydrogen) atoms. The number of piperidine rings is 1. The zero-order chi connectivity index (χ0) is 42.7. The molecule has 1 aliphatic carbocycles. The van der Waals surface area contributed by atoms with Crippen LogP contribution in [0.1, 0.15) is 126 Å². The largest absolute Gasteiger partial charge is 0.456 e. The number of rotatable bonds is 7. The van der Waals surface area contributed by atoms with Gasteiger partial charge < -0.3 is 39.4 Å². The molecular formula is C46H72N2O10. The van der Waals surface area contributed by atoms with Crippen molar-refractivity contribution >= 4 is 23.4 Å². The van der Waals surface area contributed by atoms with Gasteiger partial charge in [-0.1, -0.05) is 51.3 Å². The first kappa shape index (κ1) is 47.8. The van der Waals surface area contributed by atoms with E-state index < -0.39 is 59.8 Å². The van der Waals surface area contributed by atoms with Crippen molar-refractivity contribution in [3.05, 3.63) is 23.3 Å². The summed E-state index contributed by atoms with van der Waals surface area (Å²) in [6, 6.07) is -1.14.